The number of aryl methyl sites for hydroxylation is 1. The van der Waals surface area contributed by atoms with Crippen LogP contribution in [0.4, 0.5) is 4.39 Å². The number of nitrogens with zero attached hydrogens (tertiary/aromatic N) is 6. The Labute approximate surface area is 199 Å². The van der Waals surface area contributed by atoms with Crippen LogP contribution in [0, 0.1) is 12.7 Å². The van der Waals surface area contributed by atoms with Gasteiger partial charge < -0.3 is 14.9 Å². The first kappa shape index (κ1) is 21.1. The van der Waals surface area contributed by atoms with Gasteiger partial charge in [0.25, 0.3) is 0 Å². The van der Waals surface area contributed by atoms with E-state index in [9.17, 15) is 0 Å². The minimum Gasteiger partial charge on any atom is -0.333 e. The summed E-state index contributed by atoms with van der Waals surface area (Å²) in [5.41, 5.74) is 6.09. The number of nitrogens with one attached hydrogen (secondary N) is 3. The van der Waals surface area contributed by atoms with Gasteiger partial charge >= 0.3 is 0 Å². The van der Waals surface area contributed by atoms with Gasteiger partial charge in [0.15, 0.2) is 11.5 Å². The van der Waals surface area contributed by atoms with Crippen molar-refractivity contribution in [2.24, 2.45) is 0 Å². The quantitative estimate of drug-likeness (QED) is 0.337. The number of benzene rings is 1. The Morgan fingerprint density at radius 3 is 2.89 bits per heavy atom. The number of aromatic amines is 2. The lowest BCUT2D eigenvalue weighted by molar-refractivity contribution is 0.643. The van der Waals surface area contributed by atoms with Crippen molar-refractivity contribution in [3.63, 3.8) is 0 Å². The van der Waals surface area contributed by atoms with Crippen LogP contribution in [-0.4, -0.2) is 46.2 Å². The van der Waals surface area contributed by atoms with Crippen molar-refractivity contribution >= 4 is 22.1 Å². The highest BCUT2D eigenvalue weighted by molar-refractivity contribution is 5.96. The number of fused-ring (bicyclic) bond motifs is 2. The van der Waals surface area contributed by atoms with Gasteiger partial charge in [0.1, 0.15) is 17.0 Å². The largest absolute Gasteiger partial charge is 0.333 e. The molecule has 0 aliphatic rings. The minimum absolute atomic E-state index is 0.360. The molecule has 1 aromatic carbocycles. The Kier molecular flexibility index (Phi) is 5.07. The zero-order valence-electron chi connectivity index (χ0n) is 19.2. The Hall–Kier alpha value is -4.44. The second-order valence-electron chi connectivity index (χ2n) is 8.32. The summed E-state index contributed by atoms with van der Waals surface area (Å²) < 4.78 is 17.8. The van der Waals surface area contributed by atoms with E-state index in [0.29, 0.717) is 51.3 Å². The Morgan fingerprint density at radius 2 is 2.06 bits per heavy atom. The lowest BCUT2D eigenvalue weighted by atomic mass is 10.0. The van der Waals surface area contributed by atoms with Gasteiger partial charge in [0.05, 0.1) is 28.6 Å². The molecule has 5 heterocycles. The molecular formula is C25H22FN9. The van der Waals surface area contributed by atoms with Gasteiger partial charge in [0, 0.05) is 42.5 Å². The highest BCUT2D eigenvalue weighted by Crippen LogP contribution is 2.34. The van der Waals surface area contributed by atoms with E-state index in [-0.39, 0.29) is 5.82 Å². The molecule has 3 N–H and O–H groups in total. The molecule has 9 nitrogen and oxygen atoms in total. The van der Waals surface area contributed by atoms with Crippen LogP contribution in [0.15, 0.2) is 55.4 Å². The normalized spacial score (nSPS) is 11.6. The van der Waals surface area contributed by atoms with Crippen LogP contribution < -0.4 is 5.32 Å². The maximum absolute atomic E-state index is 15.9. The minimum atomic E-state index is -0.382. The molecule has 0 saturated heterocycles. The fraction of sp³-hybridized carbons (Fsp3) is 0.160. The first-order chi connectivity index (χ1) is 17.1. The highest BCUT2D eigenvalue weighted by Gasteiger charge is 2.20. The first-order valence-corrected chi connectivity index (χ1v) is 11.3. The SMILES string of the molecule is CCNCc1cncc(-c2ccc3[nH]nc(-c4nc5nccc(-n6cnc(C)c6)c5[nH]4)c3c2F)c1. The van der Waals surface area contributed by atoms with E-state index in [1.807, 2.05) is 42.8 Å². The van der Waals surface area contributed by atoms with Crippen LogP contribution in [0.1, 0.15) is 18.2 Å². The Balaban J connectivity index is 1.48. The molecule has 10 heteroatoms. The molecule has 0 saturated carbocycles. The van der Waals surface area contributed by atoms with Gasteiger partial charge in [-0.3, -0.25) is 10.1 Å². The zero-order chi connectivity index (χ0) is 23.9. The average molecular weight is 468 g/mol. The summed E-state index contributed by atoms with van der Waals surface area (Å²) in [7, 11) is 0. The Morgan fingerprint density at radius 1 is 1.14 bits per heavy atom. The van der Waals surface area contributed by atoms with Crippen molar-refractivity contribution in [2.45, 2.75) is 20.4 Å². The molecule has 0 unspecified atom stereocenters. The average Bonchev–Trinajstić information content (AvgIpc) is 3.60. The lowest BCUT2D eigenvalue weighted by Crippen LogP contribution is -2.11. The predicted molar refractivity (Wildman–Crippen MR) is 131 cm³/mol. The first-order valence-electron chi connectivity index (χ1n) is 11.3. The number of hydrogen-bond donors (Lipinski definition) is 3. The second-order valence-corrected chi connectivity index (χ2v) is 8.32. The second kappa shape index (κ2) is 8.41. The van der Waals surface area contributed by atoms with Gasteiger partial charge in [-0.2, -0.15) is 5.10 Å². The van der Waals surface area contributed by atoms with Gasteiger partial charge in [0.2, 0.25) is 0 Å². The number of rotatable bonds is 6. The maximum atomic E-state index is 15.9. The zero-order valence-corrected chi connectivity index (χ0v) is 19.2. The number of H-pyrrole nitrogens is 2. The van der Waals surface area contributed by atoms with Crippen LogP contribution in [0.3, 0.4) is 0 Å². The number of pyridine rings is 2. The third kappa shape index (κ3) is 3.64. The molecule has 0 bridgehead atoms. The molecule has 5 aromatic heterocycles. The van der Waals surface area contributed by atoms with Crippen molar-refractivity contribution < 1.29 is 4.39 Å². The molecule has 6 rings (SSSR count). The van der Waals surface area contributed by atoms with Crippen molar-refractivity contribution in [3.8, 4) is 28.3 Å². The molecule has 0 fully saturated rings. The summed E-state index contributed by atoms with van der Waals surface area (Å²) in [6, 6.07) is 7.39. The summed E-state index contributed by atoms with van der Waals surface area (Å²) >= 11 is 0. The molecule has 0 spiro atoms. The molecule has 0 aliphatic carbocycles. The van der Waals surface area contributed by atoms with Crippen LogP contribution in [0.25, 0.3) is 50.4 Å². The lowest BCUT2D eigenvalue weighted by Gasteiger charge is -2.07. The number of imidazole rings is 2. The summed E-state index contributed by atoms with van der Waals surface area (Å²) in [6.45, 7) is 5.48. The molecule has 35 heavy (non-hydrogen) atoms. The van der Waals surface area contributed by atoms with Crippen molar-refractivity contribution in [1.82, 2.24) is 45.0 Å². The summed E-state index contributed by atoms with van der Waals surface area (Å²) in [6.07, 6.45) is 8.80. The van der Waals surface area contributed by atoms with E-state index in [4.69, 9.17) is 0 Å². The van der Waals surface area contributed by atoms with E-state index in [2.05, 4.69) is 40.4 Å². The third-order valence-electron chi connectivity index (χ3n) is 5.94. The van der Waals surface area contributed by atoms with Crippen molar-refractivity contribution in [2.75, 3.05) is 6.54 Å². The highest BCUT2D eigenvalue weighted by atomic mass is 19.1. The number of hydrogen-bond acceptors (Lipinski definition) is 6. The maximum Gasteiger partial charge on any atom is 0.180 e. The van der Waals surface area contributed by atoms with E-state index in [0.717, 1.165) is 23.5 Å². The number of halogens is 1. The molecule has 6 aromatic rings. The fourth-order valence-corrected chi connectivity index (χ4v) is 4.25. The summed E-state index contributed by atoms with van der Waals surface area (Å²) in [4.78, 5) is 20.9. The predicted octanol–water partition coefficient (Wildman–Crippen LogP) is 4.31. The molecule has 174 valence electrons. The van der Waals surface area contributed by atoms with Crippen molar-refractivity contribution in [3.05, 3.63) is 72.5 Å². The van der Waals surface area contributed by atoms with E-state index in [1.54, 1.807) is 31.0 Å². The van der Waals surface area contributed by atoms with E-state index < -0.39 is 0 Å². The Bertz CT molecular complexity index is 1680. The van der Waals surface area contributed by atoms with Gasteiger partial charge in [-0.1, -0.05) is 6.92 Å². The van der Waals surface area contributed by atoms with E-state index in [1.165, 1.54) is 0 Å². The van der Waals surface area contributed by atoms with Crippen LogP contribution in [0.5, 0.6) is 0 Å². The van der Waals surface area contributed by atoms with Crippen LogP contribution >= 0.6 is 0 Å². The molecule has 0 aliphatic heterocycles. The van der Waals surface area contributed by atoms with Crippen LogP contribution in [-0.2, 0) is 6.54 Å². The third-order valence-corrected chi connectivity index (χ3v) is 5.94. The van der Waals surface area contributed by atoms with Crippen molar-refractivity contribution in [1.29, 1.82) is 0 Å². The van der Waals surface area contributed by atoms with Gasteiger partial charge in [-0.15, -0.1) is 0 Å². The molecule has 0 amide bonds. The standard InChI is InChI=1S/C25H22FN9/c1-3-27-9-15-8-16(11-28-10-15)17-4-5-18-20(21(17)26)23(34-33-18)25-31-22-19(6-7-29-24(22)32-25)35-12-14(2)30-13-35/h4-8,10-13,27H,3,9H2,1-2H3,(H,33,34)(H,29,31,32). The van der Waals surface area contributed by atoms with Gasteiger partial charge in [-0.25, -0.2) is 19.3 Å². The van der Waals surface area contributed by atoms with Crippen LogP contribution in [0.2, 0.25) is 0 Å². The topological polar surface area (TPSA) is 113 Å². The summed E-state index contributed by atoms with van der Waals surface area (Å²) in [5.74, 6) is 0.0469. The molecular weight excluding hydrogens is 445 g/mol. The van der Waals surface area contributed by atoms with E-state index >= 15 is 4.39 Å². The monoisotopic (exact) mass is 467 g/mol. The summed E-state index contributed by atoms with van der Waals surface area (Å²) in [5, 5.41) is 10.9. The fourth-order valence-electron chi connectivity index (χ4n) is 4.25. The van der Waals surface area contributed by atoms with Gasteiger partial charge in [-0.05, 0) is 43.3 Å². The number of aromatic nitrogens is 8. The molecule has 0 radical (unpaired) electrons. The smallest absolute Gasteiger partial charge is 0.180 e. The molecule has 0 atom stereocenters.